The van der Waals surface area contributed by atoms with Crippen LogP contribution in [0, 0.1) is 6.92 Å². The number of hydrogen-bond donors (Lipinski definition) is 0. The summed E-state index contributed by atoms with van der Waals surface area (Å²) in [5, 5.41) is 0.485. The van der Waals surface area contributed by atoms with Crippen LogP contribution in [0.3, 0.4) is 0 Å². The molecular formula is C32H34N2O5. The van der Waals surface area contributed by atoms with Gasteiger partial charge in [0.05, 0.1) is 36.7 Å². The van der Waals surface area contributed by atoms with E-state index in [-0.39, 0.29) is 36.8 Å². The molecule has 202 valence electrons. The molecule has 0 saturated carbocycles. The molecule has 2 amide bonds. The Kier molecular flexibility index (Phi) is 9.64. The highest BCUT2D eigenvalue weighted by molar-refractivity contribution is 5.86. The standard InChI is InChI=1S/C32H34N2O5/c1-24-14-15-29-28(18-24)32(37)27(23-39-29)21-34(20-26-12-7-4-8-13-26)31(36)22-33(16-9-17-38-2)30(35)19-25-10-5-3-6-11-25/h3-8,10-15,18,23H,9,16-17,19-22H2,1-2H3. The van der Waals surface area contributed by atoms with E-state index in [0.29, 0.717) is 42.6 Å². The first kappa shape index (κ1) is 27.8. The normalized spacial score (nSPS) is 10.9. The zero-order valence-corrected chi connectivity index (χ0v) is 22.5. The van der Waals surface area contributed by atoms with Crippen LogP contribution in [-0.2, 0) is 33.8 Å². The minimum atomic E-state index is -0.249. The summed E-state index contributed by atoms with van der Waals surface area (Å²) in [5.74, 6) is -0.382. The summed E-state index contributed by atoms with van der Waals surface area (Å²) in [5.41, 5.74) is 3.49. The van der Waals surface area contributed by atoms with Crippen LogP contribution in [0.25, 0.3) is 11.0 Å². The van der Waals surface area contributed by atoms with Crippen molar-refractivity contribution in [2.75, 3.05) is 26.8 Å². The van der Waals surface area contributed by atoms with Gasteiger partial charge in [-0.1, -0.05) is 72.3 Å². The van der Waals surface area contributed by atoms with Crippen LogP contribution in [0.4, 0.5) is 0 Å². The average molecular weight is 527 g/mol. The van der Waals surface area contributed by atoms with Gasteiger partial charge in [0.2, 0.25) is 11.8 Å². The second kappa shape index (κ2) is 13.5. The highest BCUT2D eigenvalue weighted by Gasteiger charge is 2.23. The van der Waals surface area contributed by atoms with E-state index in [2.05, 4.69) is 0 Å². The quantitative estimate of drug-likeness (QED) is 0.249. The van der Waals surface area contributed by atoms with Gasteiger partial charge in [-0.2, -0.15) is 0 Å². The van der Waals surface area contributed by atoms with Crippen molar-refractivity contribution in [3.05, 3.63) is 118 Å². The molecule has 4 aromatic rings. The second-order valence-corrected chi connectivity index (χ2v) is 9.65. The van der Waals surface area contributed by atoms with E-state index in [1.807, 2.05) is 73.7 Å². The van der Waals surface area contributed by atoms with E-state index in [1.165, 1.54) is 6.26 Å². The molecule has 0 aliphatic carbocycles. The Morgan fingerprint density at radius 1 is 0.846 bits per heavy atom. The third-order valence-electron chi connectivity index (χ3n) is 6.58. The van der Waals surface area contributed by atoms with Crippen LogP contribution in [-0.4, -0.2) is 48.4 Å². The van der Waals surface area contributed by atoms with Gasteiger partial charge in [-0.05, 0) is 36.6 Å². The fourth-order valence-corrected chi connectivity index (χ4v) is 4.47. The van der Waals surface area contributed by atoms with Crippen LogP contribution in [0.15, 0.2) is 94.3 Å². The molecule has 7 heteroatoms. The SMILES string of the molecule is COCCCN(CC(=O)N(Cc1ccccc1)Cc1coc2ccc(C)cc2c1=O)C(=O)Cc1ccccc1. The average Bonchev–Trinajstić information content (AvgIpc) is 2.95. The molecule has 0 N–H and O–H groups in total. The highest BCUT2D eigenvalue weighted by Crippen LogP contribution is 2.16. The smallest absolute Gasteiger partial charge is 0.242 e. The number of fused-ring (bicyclic) bond motifs is 1. The van der Waals surface area contributed by atoms with E-state index in [0.717, 1.165) is 16.7 Å². The molecule has 0 bridgehead atoms. The minimum absolute atomic E-state index is 0.0682. The van der Waals surface area contributed by atoms with Gasteiger partial charge in [0, 0.05) is 26.8 Å². The number of nitrogens with zero attached hydrogens (tertiary/aromatic N) is 2. The van der Waals surface area contributed by atoms with E-state index < -0.39 is 0 Å². The summed E-state index contributed by atoms with van der Waals surface area (Å²) in [6, 6.07) is 24.5. The maximum Gasteiger partial charge on any atom is 0.242 e. The molecule has 0 radical (unpaired) electrons. The molecular weight excluding hydrogens is 492 g/mol. The van der Waals surface area contributed by atoms with Gasteiger partial charge < -0.3 is 19.0 Å². The number of benzene rings is 3. The Labute approximate surface area is 228 Å². The predicted octanol–water partition coefficient (Wildman–Crippen LogP) is 4.74. The van der Waals surface area contributed by atoms with Crippen LogP contribution in [0.2, 0.25) is 0 Å². The first-order chi connectivity index (χ1) is 18.9. The molecule has 3 aromatic carbocycles. The molecule has 39 heavy (non-hydrogen) atoms. The molecule has 0 atom stereocenters. The number of amides is 2. The van der Waals surface area contributed by atoms with Gasteiger partial charge in [0.1, 0.15) is 5.58 Å². The van der Waals surface area contributed by atoms with Gasteiger partial charge in [-0.15, -0.1) is 0 Å². The number of aryl methyl sites for hydroxylation is 1. The first-order valence-corrected chi connectivity index (χ1v) is 13.1. The lowest BCUT2D eigenvalue weighted by Gasteiger charge is -2.28. The summed E-state index contributed by atoms with van der Waals surface area (Å²) < 4.78 is 10.9. The number of ether oxygens (including phenoxy) is 1. The molecule has 7 nitrogen and oxygen atoms in total. The van der Waals surface area contributed by atoms with Crippen molar-refractivity contribution >= 4 is 22.8 Å². The lowest BCUT2D eigenvalue weighted by Crippen LogP contribution is -2.44. The van der Waals surface area contributed by atoms with Crippen molar-refractivity contribution < 1.29 is 18.7 Å². The minimum Gasteiger partial charge on any atom is -0.464 e. The summed E-state index contributed by atoms with van der Waals surface area (Å²) in [6.07, 6.45) is 2.24. The predicted molar refractivity (Wildman–Crippen MR) is 151 cm³/mol. The van der Waals surface area contributed by atoms with Gasteiger partial charge in [-0.3, -0.25) is 14.4 Å². The number of carbonyl (C=O) groups is 2. The van der Waals surface area contributed by atoms with Gasteiger partial charge >= 0.3 is 0 Å². The first-order valence-electron chi connectivity index (χ1n) is 13.1. The highest BCUT2D eigenvalue weighted by atomic mass is 16.5. The summed E-state index contributed by atoms with van der Waals surface area (Å²) >= 11 is 0. The third kappa shape index (κ3) is 7.65. The van der Waals surface area contributed by atoms with Crippen molar-refractivity contribution in [2.45, 2.75) is 32.9 Å². The Bertz CT molecular complexity index is 1450. The fraction of sp³-hybridized carbons (Fsp3) is 0.281. The van der Waals surface area contributed by atoms with Crippen molar-refractivity contribution in [1.29, 1.82) is 0 Å². The monoisotopic (exact) mass is 526 g/mol. The summed E-state index contributed by atoms with van der Waals surface area (Å²) in [6.45, 7) is 3.06. The van der Waals surface area contributed by atoms with Crippen molar-refractivity contribution in [2.24, 2.45) is 0 Å². The molecule has 0 aliphatic rings. The number of carbonyl (C=O) groups excluding carboxylic acids is 2. The maximum absolute atomic E-state index is 13.7. The Hall–Kier alpha value is -4.23. The van der Waals surface area contributed by atoms with Crippen LogP contribution in [0.5, 0.6) is 0 Å². The van der Waals surface area contributed by atoms with E-state index >= 15 is 0 Å². The molecule has 4 rings (SSSR count). The van der Waals surface area contributed by atoms with Crippen molar-refractivity contribution in [3.8, 4) is 0 Å². The molecule has 1 heterocycles. The molecule has 0 saturated heterocycles. The number of methoxy groups -OCH3 is 1. The number of hydrogen-bond acceptors (Lipinski definition) is 5. The lowest BCUT2D eigenvalue weighted by molar-refractivity contribution is -0.141. The zero-order valence-electron chi connectivity index (χ0n) is 22.5. The van der Waals surface area contributed by atoms with Crippen LogP contribution < -0.4 is 5.43 Å². The Morgan fingerprint density at radius 3 is 2.23 bits per heavy atom. The largest absolute Gasteiger partial charge is 0.464 e. The van der Waals surface area contributed by atoms with E-state index in [1.54, 1.807) is 29.0 Å². The zero-order chi connectivity index (χ0) is 27.6. The van der Waals surface area contributed by atoms with Gasteiger partial charge in [0.15, 0.2) is 5.43 Å². The van der Waals surface area contributed by atoms with Crippen LogP contribution in [0.1, 0.15) is 28.7 Å². The van der Waals surface area contributed by atoms with Gasteiger partial charge in [0.25, 0.3) is 0 Å². The topological polar surface area (TPSA) is 80.1 Å². The number of rotatable bonds is 12. The lowest BCUT2D eigenvalue weighted by atomic mass is 10.1. The second-order valence-electron chi connectivity index (χ2n) is 9.65. The van der Waals surface area contributed by atoms with E-state index in [9.17, 15) is 14.4 Å². The third-order valence-corrected chi connectivity index (χ3v) is 6.58. The Morgan fingerprint density at radius 2 is 1.54 bits per heavy atom. The summed E-state index contributed by atoms with van der Waals surface area (Å²) in [4.78, 5) is 43.5. The van der Waals surface area contributed by atoms with Crippen LogP contribution >= 0.6 is 0 Å². The Balaban J connectivity index is 1.59. The molecule has 1 aromatic heterocycles. The fourth-order valence-electron chi connectivity index (χ4n) is 4.47. The molecule has 0 unspecified atom stereocenters. The molecule has 0 aliphatic heterocycles. The van der Waals surface area contributed by atoms with Crippen molar-refractivity contribution in [3.63, 3.8) is 0 Å². The maximum atomic E-state index is 13.7. The van der Waals surface area contributed by atoms with E-state index in [4.69, 9.17) is 9.15 Å². The summed E-state index contributed by atoms with van der Waals surface area (Å²) in [7, 11) is 1.61. The molecule has 0 fully saturated rings. The molecule has 0 spiro atoms. The van der Waals surface area contributed by atoms with Gasteiger partial charge in [-0.25, -0.2) is 0 Å². The van der Waals surface area contributed by atoms with Crippen molar-refractivity contribution in [1.82, 2.24) is 9.80 Å².